The number of nitrogens with two attached hydrogens (primary N) is 1. The lowest BCUT2D eigenvalue weighted by atomic mass is 10.2. The van der Waals surface area contributed by atoms with Gasteiger partial charge < -0.3 is 10.5 Å². The lowest BCUT2D eigenvalue weighted by Crippen LogP contribution is -2.14. The summed E-state index contributed by atoms with van der Waals surface area (Å²) in [6, 6.07) is 8.30. The smallest absolute Gasteiger partial charge is 0.264 e. The van der Waals surface area contributed by atoms with E-state index in [-0.39, 0.29) is 5.69 Å². The first-order valence-electron chi connectivity index (χ1n) is 9.49. The number of halogens is 2. The van der Waals surface area contributed by atoms with Crippen molar-refractivity contribution in [2.45, 2.75) is 11.3 Å². The Labute approximate surface area is 181 Å². The number of ether oxygens (including phenoxy) is 1. The number of H-pyrrole nitrogens is 1. The standard InChI is InChI=1S/C20H18F2N6O3S/c21-13-4-7-16(22)17(10-13)32(29,30)28-14-5-2-12(3-6-14)18-25-19-15(11-24-27-19)20(26-18)31-9-1-8-23/h2-7,10-11,28H,1,8-9,23H2,(H,24,25,26,27). The van der Waals surface area contributed by atoms with Gasteiger partial charge in [0.25, 0.3) is 10.0 Å². The van der Waals surface area contributed by atoms with Crippen LogP contribution in [0.15, 0.2) is 53.6 Å². The molecule has 4 aromatic rings. The molecule has 4 rings (SSSR count). The number of aromatic nitrogens is 4. The molecule has 0 radical (unpaired) electrons. The fourth-order valence-electron chi connectivity index (χ4n) is 2.88. The quantitative estimate of drug-likeness (QED) is 0.344. The minimum atomic E-state index is -4.32. The van der Waals surface area contributed by atoms with E-state index >= 15 is 0 Å². The second-order valence-corrected chi connectivity index (χ2v) is 8.38. The highest BCUT2D eigenvalue weighted by Gasteiger charge is 2.20. The molecular formula is C20H18F2N6O3S. The molecule has 9 nitrogen and oxygen atoms in total. The topological polar surface area (TPSA) is 136 Å². The third-order valence-electron chi connectivity index (χ3n) is 4.44. The average molecular weight is 460 g/mol. The summed E-state index contributed by atoms with van der Waals surface area (Å²) >= 11 is 0. The van der Waals surface area contributed by atoms with Gasteiger partial charge in [0.05, 0.1) is 12.8 Å². The number of benzene rings is 2. The summed E-state index contributed by atoms with van der Waals surface area (Å²) in [5, 5.41) is 7.34. The molecule has 0 saturated heterocycles. The van der Waals surface area contributed by atoms with E-state index < -0.39 is 26.6 Å². The lowest BCUT2D eigenvalue weighted by Gasteiger charge is -2.10. The van der Waals surface area contributed by atoms with Gasteiger partial charge in [-0.05, 0) is 55.4 Å². The third kappa shape index (κ3) is 4.50. The molecule has 0 saturated carbocycles. The number of aromatic amines is 1. The predicted molar refractivity (Wildman–Crippen MR) is 113 cm³/mol. The van der Waals surface area contributed by atoms with Crippen molar-refractivity contribution >= 4 is 26.7 Å². The Bertz CT molecular complexity index is 1360. The van der Waals surface area contributed by atoms with Crippen LogP contribution in [-0.4, -0.2) is 41.7 Å². The van der Waals surface area contributed by atoms with Gasteiger partial charge in [0.2, 0.25) is 5.88 Å². The van der Waals surface area contributed by atoms with Crippen molar-refractivity contribution in [3.63, 3.8) is 0 Å². The highest BCUT2D eigenvalue weighted by Crippen LogP contribution is 2.27. The number of hydrogen-bond donors (Lipinski definition) is 3. The molecule has 0 bridgehead atoms. The van der Waals surface area contributed by atoms with Crippen LogP contribution in [0.1, 0.15) is 6.42 Å². The number of sulfonamides is 1. The van der Waals surface area contributed by atoms with Gasteiger partial charge in [-0.25, -0.2) is 22.2 Å². The molecule has 4 N–H and O–H groups in total. The summed E-state index contributed by atoms with van der Waals surface area (Å²) in [5.74, 6) is -1.24. The van der Waals surface area contributed by atoms with Gasteiger partial charge in [0, 0.05) is 11.3 Å². The summed E-state index contributed by atoms with van der Waals surface area (Å²) in [7, 11) is -4.32. The molecule has 0 aliphatic heterocycles. The molecule has 0 fully saturated rings. The molecule has 0 atom stereocenters. The second kappa shape index (κ2) is 8.85. The fraction of sp³-hybridized carbons (Fsp3) is 0.150. The summed E-state index contributed by atoms with van der Waals surface area (Å²) in [6.45, 7) is 0.855. The first kappa shape index (κ1) is 21.6. The molecule has 0 unspecified atom stereocenters. The van der Waals surface area contributed by atoms with E-state index in [9.17, 15) is 17.2 Å². The maximum atomic E-state index is 13.9. The van der Waals surface area contributed by atoms with Crippen LogP contribution in [-0.2, 0) is 10.0 Å². The first-order valence-corrected chi connectivity index (χ1v) is 11.0. The molecule has 2 aromatic carbocycles. The first-order chi connectivity index (χ1) is 15.4. The highest BCUT2D eigenvalue weighted by molar-refractivity contribution is 7.92. The molecule has 0 amide bonds. The molecule has 32 heavy (non-hydrogen) atoms. The van der Waals surface area contributed by atoms with Crippen molar-refractivity contribution in [1.29, 1.82) is 0 Å². The van der Waals surface area contributed by atoms with Gasteiger partial charge in [0.15, 0.2) is 11.5 Å². The number of nitrogens with one attached hydrogen (secondary N) is 2. The second-order valence-electron chi connectivity index (χ2n) is 6.73. The Balaban J connectivity index is 1.60. The Morgan fingerprint density at radius 3 is 2.62 bits per heavy atom. The van der Waals surface area contributed by atoms with Gasteiger partial charge in [0.1, 0.15) is 21.9 Å². The van der Waals surface area contributed by atoms with E-state index in [1.165, 1.54) is 12.1 Å². The molecular weight excluding hydrogens is 442 g/mol. The van der Waals surface area contributed by atoms with E-state index in [0.717, 1.165) is 12.1 Å². The van der Waals surface area contributed by atoms with Crippen molar-refractivity contribution in [3.05, 3.63) is 60.3 Å². The summed E-state index contributed by atoms with van der Waals surface area (Å²) in [5.41, 5.74) is 6.70. The Morgan fingerprint density at radius 2 is 1.88 bits per heavy atom. The van der Waals surface area contributed by atoms with Gasteiger partial charge in [-0.2, -0.15) is 10.1 Å². The van der Waals surface area contributed by atoms with Gasteiger partial charge >= 0.3 is 0 Å². The van der Waals surface area contributed by atoms with Crippen LogP contribution in [0.4, 0.5) is 14.5 Å². The van der Waals surface area contributed by atoms with E-state index in [1.54, 1.807) is 18.3 Å². The number of hydrogen-bond acceptors (Lipinski definition) is 7. The van der Waals surface area contributed by atoms with Crippen LogP contribution < -0.4 is 15.2 Å². The zero-order valence-electron chi connectivity index (χ0n) is 16.5. The van der Waals surface area contributed by atoms with Crippen LogP contribution in [0.25, 0.3) is 22.4 Å². The third-order valence-corrected chi connectivity index (χ3v) is 5.84. The lowest BCUT2D eigenvalue weighted by molar-refractivity contribution is 0.305. The van der Waals surface area contributed by atoms with Crippen molar-refractivity contribution < 1.29 is 21.9 Å². The molecule has 0 aliphatic rings. The van der Waals surface area contributed by atoms with Crippen LogP contribution in [0.3, 0.4) is 0 Å². The van der Waals surface area contributed by atoms with E-state index in [4.69, 9.17) is 10.5 Å². The zero-order valence-corrected chi connectivity index (χ0v) is 17.4. The van der Waals surface area contributed by atoms with Gasteiger partial charge in [-0.3, -0.25) is 9.82 Å². The number of fused-ring (bicyclic) bond motifs is 1. The molecule has 0 spiro atoms. The Morgan fingerprint density at radius 1 is 1.09 bits per heavy atom. The molecule has 12 heteroatoms. The Kier molecular flexibility index (Phi) is 5.97. The van der Waals surface area contributed by atoms with E-state index in [2.05, 4.69) is 24.9 Å². The molecule has 166 valence electrons. The van der Waals surface area contributed by atoms with Crippen molar-refractivity contribution in [2.24, 2.45) is 5.73 Å². The normalized spacial score (nSPS) is 11.6. The van der Waals surface area contributed by atoms with E-state index in [0.29, 0.717) is 53.9 Å². The molecule has 2 aromatic heterocycles. The molecule has 2 heterocycles. The average Bonchev–Trinajstić information content (AvgIpc) is 3.25. The number of anilines is 1. The summed E-state index contributed by atoms with van der Waals surface area (Å²) in [4.78, 5) is 8.04. The van der Waals surface area contributed by atoms with Gasteiger partial charge in [-0.1, -0.05) is 0 Å². The van der Waals surface area contributed by atoms with Crippen molar-refractivity contribution in [1.82, 2.24) is 20.2 Å². The van der Waals surface area contributed by atoms with Crippen molar-refractivity contribution in [3.8, 4) is 17.3 Å². The predicted octanol–water partition coefficient (Wildman–Crippen LogP) is 2.83. The number of nitrogens with zero attached hydrogens (tertiary/aromatic N) is 3. The Hall–Kier alpha value is -3.64. The maximum Gasteiger partial charge on any atom is 0.264 e. The number of rotatable bonds is 8. The monoisotopic (exact) mass is 460 g/mol. The molecule has 0 aliphatic carbocycles. The SMILES string of the molecule is NCCCOc1nc(-c2ccc(NS(=O)(=O)c3cc(F)ccc3F)cc2)nc2[nH]ncc12. The van der Waals surface area contributed by atoms with Crippen LogP contribution in [0.5, 0.6) is 5.88 Å². The van der Waals surface area contributed by atoms with Crippen LogP contribution in [0.2, 0.25) is 0 Å². The van der Waals surface area contributed by atoms with Crippen molar-refractivity contribution in [2.75, 3.05) is 17.9 Å². The van der Waals surface area contributed by atoms with Gasteiger partial charge in [-0.15, -0.1) is 0 Å². The minimum absolute atomic E-state index is 0.152. The largest absolute Gasteiger partial charge is 0.477 e. The summed E-state index contributed by atoms with van der Waals surface area (Å²) in [6.07, 6.45) is 2.21. The van der Waals surface area contributed by atoms with Crippen LogP contribution >= 0.6 is 0 Å². The highest BCUT2D eigenvalue weighted by atomic mass is 32.2. The zero-order chi connectivity index (χ0) is 22.7. The summed E-state index contributed by atoms with van der Waals surface area (Å²) < 4.78 is 60.0. The van der Waals surface area contributed by atoms with Crippen LogP contribution in [0, 0.1) is 11.6 Å². The minimum Gasteiger partial charge on any atom is -0.477 e. The maximum absolute atomic E-state index is 13.9. The fourth-order valence-corrected chi connectivity index (χ4v) is 4.03. The van der Waals surface area contributed by atoms with E-state index in [1.807, 2.05) is 0 Å².